The molecule has 0 aliphatic rings. The molecule has 1 aromatic heterocycles. The number of aryl methyl sites for hydroxylation is 1. The first-order valence-electron chi connectivity index (χ1n) is 5.09. The number of ether oxygens (including phenoxy) is 2. The van der Waals surface area contributed by atoms with Crippen molar-refractivity contribution in [3.8, 4) is 0 Å². The number of nitrogens with zero attached hydrogens (tertiary/aromatic N) is 1. The summed E-state index contributed by atoms with van der Waals surface area (Å²) in [4.78, 5) is 0. The highest BCUT2D eigenvalue weighted by molar-refractivity contribution is 5.09. The van der Waals surface area contributed by atoms with Gasteiger partial charge in [0.25, 0.3) is 0 Å². The summed E-state index contributed by atoms with van der Waals surface area (Å²) < 4.78 is 12.3. The molecule has 15 heavy (non-hydrogen) atoms. The molecule has 0 bridgehead atoms. The van der Waals surface area contributed by atoms with Gasteiger partial charge in [0, 0.05) is 46.8 Å². The summed E-state index contributed by atoms with van der Waals surface area (Å²) in [5.74, 6) is 0. The molecule has 4 nitrogen and oxygen atoms in total. The number of rotatable bonds is 7. The molecule has 0 radical (unpaired) electrons. The fraction of sp³-hybridized carbons (Fsp3) is 0.636. The molecule has 0 fully saturated rings. The smallest absolute Gasteiger partial charge is 0.0928 e. The quantitative estimate of drug-likeness (QED) is 0.725. The van der Waals surface area contributed by atoms with E-state index < -0.39 is 0 Å². The van der Waals surface area contributed by atoms with Crippen LogP contribution in [0.1, 0.15) is 5.56 Å². The van der Waals surface area contributed by atoms with Crippen LogP contribution in [0, 0.1) is 0 Å². The van der Waals surface area contributed by atoms with Crippen LogP contribution in [0.3, 0.4) is 0 Å². The monoisotopic (exact) mass is 212 g/mol. The van der Waals surface area contributed by atoms with Crippen molar-refractivity contribution >= 4 is 0 Å². The molecule has 0 spiro atoms. The molecule has 1 rings (SSSR count). The Labute approximate surface area is 91.2 Å². The highest BCUT2D eigenvalue weighted by atomic mass is 16.5. The van der Waals surface area contributed by atoms with Gasteiger partial charge in [0.05, 0.1) is 12.7 Å². The van der Waals surface area contributed by atoms with Gasteiger partial charge in [-0.15, -0.1) is 0 Å². The van der Waals surface area contributed by atoms with Crippen LogP contribution in [0.2, 0.25) is 0 Å². The summed E-state index contributed by atoms with van der Waals surface area (Å²) in [6.45, 7) is 2.29. The molecule has 4 heteroatoms. The molecular weight excluding hydrogens is 192 g/mol. The van der Waals surface area contributed by atoms with Gasteiger partial charge in [-0.25, -0.2) is 0 Å². The van der Waals surface area contributed by atoms with Crippen LogP contribution in [0.5, 0.6) is 0 Å². The standard InChI is InChI=1S/C11H20N2O2/c1-13-5-4-10(8-13)6-12-7-11(15-3)9-14-2/h4-5,8,11-12H,6-7,9H2,1-3H3. The van der Waals surface area contributed by atoms with E-state index in [4.69, 9.17) is 9.47 Å². The van der Waals surface area contributed by atoms with Crippen molar-refractivity contribution in [1.29, 1.82) is 0 Å². The molecule has 1 heterocycles. The molecule has 1 atom stereocenters. The van der Waals surface area contributed by atoms with E-state index >= 15 is 0 Å². The predicted molar refractivity (Wildman–Crippen MR) is 59.8 cm³/mol. The second kappa shape index (κ2) is 6.61. The van der Waals surface area contributed by atoms with Crippen LogP contribution in [0.25, 0.3) is 0 Å². The summed E-state index contributed by atoms with van der Waals surface area (Å²) >= 11 is 0. The maximum absolute atomic E-state index is 5.24. The van der Waals surface area contributed by atoms with E-state index in [0.29, 0.717) is 6.61 Å². The fourth-order valence-electron chi connectivity index (χ4n) is 1.44. The zero-order chi connectivity index (χ0) is 11.1. The van der Waals surface area contributed by atoms with E-state index in [1.54, 1.807) is 14.2 Å². The Bertz CT molecular complexity index is 273. The van der Waals surface area contributed by atoms with Crippen LogP contribution in [0.4, 0.5) is 0 Å². The molecule has 1 aromatic rings. The van der Waals surface area contributed by atoms with Gasteiger partial charge >= 0.3 is 0 Å². The maximum atomic E-state index is 5.24. The van der Waals surface area contributed by atoms with Crippen LogP contribution in [-0.2, 0) is 23.1 Å². The second-order valence-corrected chi connectivity index (χ2v) is 3.63. The average Bonchev–Trinajstić information content (AvgIpc) is 2.63. The summed E-state index contributed by atoms with van der Waals surface area (Å²) in [6.07, 6.45) is 4.27. The lowest BCUT2D eigenvalue weighted by Crippen LogP contribution is -2.31. The highest BCUT2D eigenvalue weighted by Gasteiger charge is 2.05. The Morgan fingerprint density at radius 2 is 2.27 bits per heavy atom. The number of methoxy groups -OCH3 is 2. The number of aromatic nitrogens is 1. The first-order chi connectivity index (χ1) is 7.26. The van der Waals surface area contributed by atoms with E-state index in [-0.39, 0.29) is 6.10 Å². The van der Waals surface area contributed by atoms with Crippen molar-refractivity contribution in [3.63, 3.8) is 0 Å². The molecule has 0 saturated heterocycles. The van der Waals surface area contributed by atoms with Crippen LogP contribution in [0.15, 0.2) is 18.5 Å². The van der Waals surface area contributed by atoms with Crippen LogP contribution >= 0.6 is 0 Å². The number of nitrogens with one attached hydrogen (secondary N) is 1. The molecule has 1 unspecified atom stereocenters. The zero-order valence-corrected chi connectivity index (χ0v) is 9.69. The van der Waals surface area contributed by atoms with Crippen molar-refractivity contribution in [1.82, 2.24) is 9.88 Å². The Balaban J connectivity index is 2.20. The third-order valence-corrected chi connectivity index (χ3v) is 2.28. The summed E-state index contributed by atoms with van der Waals surface area (Å²) in [5, 5.41) is 3.33. The molecule has 1 N–H and O–H groups in total. The van der Waals surface area contributed by atoms with Crippen molar-refractivity contribution in [2.24, 2.45) is 7.05 Å². The zero-order valence-electron chi connectivity index (χ0n) is 9.69. The van der Waals surface area contributed by atoms with Gasteiger partial charge in [0.15, 0.2) is 0 Å². The summed E-state index contributed by atoms with van der Waals surface area (Å²) in [7, 11) is 5.41. The number of hydrogen-bond acceptors (Lipinski definition) is 3. The lowest BCUT2D eigenvalue weighted by molar-refractivity contribution is 0.0288. The van der Waals surface area contributed by atoms with Crippen molar-refractivity contribution in [2.45, 2.75) is 12.6 Å². The van der Waals surface area contributed by atoms with Gasteiger partial charge in [-0.2, -0.15) is 0 Å². The average molecular weight is 212 g/mol. The molecule has 0 aliphatic carbocycles. The van der Waals surface area contributed by atoms with Crippen molar-refractivity contribution in [2.75, 3.05) is 27.4 Å². The van der Waals surface area contributed by atoms with Gasteiger partial charge in [-0.3, -0.25) is 0 Å². The molecule has 0 saturated carbocycles. The van der Waals surface area contributed by atoms with Gasteiger partial charge in [-0.05, 0) is 11.6 Å². The third kappa shape index (κ3) is 4.46. The SMILES string of the molecule is COCC(CNCc1ccn(C)c1)OC. The van der Waals surface area contributed by atoms with E-state index in [1.165, 1.54) is 5.56 Å². The molecular formula is C11H20N2O2. The van der Waals surface area contributed by atoms with E-state index in [2.05, 4.69) is 17.6 Å². The lowest BCUT2D eigenvalue weighted by atomic mass is 10.3. The lowest BCUT2D eigenvalue weighted by Gasteiger charge is -2.14. The molecule has 0 aliphatic heterocycles. The largest absolute Gasteiger partial charge is 0.382 e. The Kier molecular flexibility index (Phi) is 5.39. The minimum absolute atomic E-state index is 0.124. The Hall–Kier alpha value is -0.840. The van der Waals surface area contributed by atoms with Gasteiger partial charge in [0.1, 0.15) is 0 Å². The fourth-order valence-corrected chi connectivity index (χ4v) is 1.44. The van der Waals surface area contributed by atoms with Gasteiger partial charge < -0.3 is 19.4 Å². The molecule has 0 aromatic carbocycles. The second-order valence-electron chi connectivity index (χ2n) is 3.63. The Morgan fingerprint density at radius 1 is 1.47 bits per heavy atom. The predicted octanol–water partition coefficient (Wildman–Crippen LogP) is 0.776. The maximum Gasteiger partial charge on any atom is 0.0928 e. The van der Waals surface area contributed by atoms with E-state index in [9.17, 15) is 0 Å². The topological polar surface area (TPSA) is 35.4 Å². The number of hydrogen-bond donors (Lipinski definition) is 1. The first kappa shape index (κ1) is 12.2. The highest BCUT2D eigenvalue weighted by Crippen LogP contribution is 1.98. The third-order valence-electron chi connectivity index (χ3n) is 2.28. The van der Waals surface area contributed by atoms with Gasteiger partial charge in [0.2, 0.25) is 0 Å². The van der Waals surface area contributed by atoms with Crippen LogP contribution < -0.4 is 5.32 Å². The van der Waals surface area contributed by atoms with E-state index in [1.807, 2.05) is 17.8 Å². The summed E-state index contributed by atoms with van der Waals surface area (Å²) in [5.41, 5.74) is 1.28. The Morgan fingerprint density at radius 3 is 2.80 bits per heavy atom. The van der Waals surface area contributed by atoms with Crippen molar-refractivity contribution < 1.29 is 9.47 Å². The first-order valence-corrected chi connectivity index (χ1v) is 5.09. The van der Waals surface area contributed by atoms with E-state index in [0.717, 1.165) is 13.1 Å². The van der Waals surface area contributed by atoms with Crippen LogP contribution in [-0.4, -0.2) is 38.0 Å². The normalized spacial score (nSPS) is 13.0. The van der Waals surface area contributed by atoms with Crippen molar-refractivity contribution in [3.05, 3.63) is 24.0 Å². The van der Waals surface area contributed by atoms with Gasteiger partial charge in [-0.1, -0.05) is 0 Å². The molecule has 0 amide bonds. The summed E-state index contributed by atoms with van der Waals surface area (Å²) in [6, 6.07) is 2.10. The minimum Gasteiger partial charge on any atom is -0.382 e. The molecule has 86 valence electrons. The minimum atomic E-state index is 0.124.